The van der Waals surface area contributed by atoms with Crippen LogP contribution in [0, 0.1) is 0 Å². The van der Waals surface area contributed by atoms with Crippen molar-refractivity contribution >= 4 is 11.9 Å². The minimum Gasteiger partial charge on any atom is -0.497 e. The molecule has 0 radical (unpaired) electrons. The summed E-state index contributed by atoms with van der Waals surface area (Å²) in [7, 11) is 1.62. The normalized spacial score (nSPS) is 14.2. The van der Waals surface area contributed by atoms with E-state index >= 15 is 0 Å². The predicted molar refractivity (Wildman–Crippen MR) is 78.8 cm³/mol. The molecular weight excluding hydrogens is 270 g/mol. The molecule has 0 bridgehead atoms. The first kappa shape index (κ1) is 13.4. The van der Waals surface area contributed by atoms with Gasteiger partial charge >= 0.3 is 6.01 Å². The van der Waals surface area contributed by atoms with Crippen LogP contribution in [0.5, 0.6) is 17.5 Å². The Balaban J connectivity index is 1.80. The molecular formula is C14H17N5O2. The highest BCUT2D eigenvalue weighted by Crippen LogP contribution is 2.24. The van der Waals surface area contributed by atoms with E-state index in [1.165, 1.54) is 0 Å². The van der Waals surface area contributed by atoms with Crippen molar-refractivity contribution in [3.8, 4) is 17.5 Å². The van der Waals surface area contributed by atoms with Crippen molar-refractivity contribution in [1.82, 2.24) is 15.0 Å². The molecule has 7 nitrogen and oxygen atoms in total. The maximum absolute atomic E-state index is 5.74. The van der Waals surface area contributed by atoms with Crippen LogP contribution in [0.15, 0.2) is 24.3 Å². The number of ether oxygens (including phenoxy) is 2. The van der Waals surface area contributed by atoms with Gasteiger partial charge in [0.05, 0.1) is 7.11 Å². The van der Waals surface area contributed by atoms with E-state index in [-0.39, 0.29) is 12.0 Å². The molecule has 2 N–H and O–H groups in total. The molecule has 0 atom stereocenters. The summed E-state index contributed by atoms with van der Waals surface area (Å²) in [6.45, 7) is 1.87. The molecule has 7 heteroatoms. The van der Waals surface area contributed by atoms with Crippen LogP contribution in [-0.4, -0.2) is 35.2 Å². The van der Waals surface area contributed by atoms with Gasteiger partial charge in [-0.3, -0.25) is 0 Å². The lowest BCUT2D eigenvalue weighted by Crippen LogP contribution is -2.21. The minimum absolute atomic E-state index is 0.162. The first-order valence-electron chi connectivity index (χ1n) is 6.83. The predicted octanol–water partition coefficient (Wildman–Crippen LogP) is 1.85. The van der Waals surface area contributed by atoms with Gasteiger partial charge in [0.25, 0.3) is 0 Å². The lowest BCUT2D eigenvalue weighted by molar-refractivity contribution is 0.410. The number of nitrogens with two attached hydrogens (primary N) is 1. The van der Waals surface area contributed by atoms with E-state index in [0.29, 0.717) is 11.7 Å². The quantitative estimate of drug-likeness (QED) is 0.918. The van der Waals surface area contributed by atoms with Gasteiger partial charge < -0.3 is 20.1 Å². The first-order chi connectivity index (χ1) is 10.2. The summed E-state index contributed by atoms with van der Waals surface area (Å²) in [5.41, 5.74) is 5.74. The van der Waals surface area contributed by atoms with Gasteiger partial charge in [0.1, 0.15) is 11.5 Å². The Morgan fingerprint density at radius 3 is 2.33 bits per heavy atom. The standard InChI is InChI=1S/C14H17N5O2/c1-20-10-4-6-11(7-5-10)21-14-17-12(15)16-13(18-14)19-8-2-3-9-19/h4-7H,2-3,8-9H2,1H3,(H2,15,16,17,18). The average Bonchev–Trinajstić information content (AvgIpc) is 3.02. The van der Waals surface area contributed by atoms with Crippen molar-refractivity contribution < 1.29 is 9.47 Å². The van der Waals surface area contributed by atoms with E-state index in [1.54, 1.807) is 31.4 Å². The van der Waals surface area contributed by atoms with Crippen LogP contribution in [0.2, 0.25) is 0 Å². The first-order valence-corrected chi connectivity index (χ1v) is 6.83. The number of nitrogens with zero attached hydrogens (tertiary/aromatic N) is 4. The smallest absolute Gasteiger partial charge is 0.328 e. The summed E-state index contributed by atoms with van der Waals surface area (Å²) in [5, 5.41) is 0. The Morgan fingerprint density at radius 2 is 1.67 bits per heavy atom. The number of nitrogen functional groups attached to an aromatic ring is 1. The fourth-order valence-corrected chi connectivity index (χ4v) is 2.21. The van der Waals surface area contributed by atoms with Gasteiger partial charge in [-0.2, -0.15) is 15.0 Å². The molecule has 1 aromatic carbocycles. The van der Waals surface area contributed by atoms with Crippen molar-refractivity contribution in [2.24, 2.45) is 0 Å². The summed E-state index contributed by atoms with van der Waals surface area (Å²) in [6.07, 6.45) is 2.28. The summed E-state index contributed by atoms with van der Waals surface area (Å²) < 4.78 is 10.7. The second-order valence-electron chi connectivity index (χ2n) is 4.75. The molecule has 2 aromatic rings. The largest absolute Gasteiger partial charge is 0.497 e. The van der Waals surface area contributed by atoms with Gasteiger partial charge in [0.15, 0.2) is 0 Å². The van der Waals surface area contributed by atoms with Gasteiger partial charge in [-0.1, -0.05) is 0 Å². The van der Waals surface area contributed by atoms with Crippen LogP contribution in [-0.2, 0) is 0 Å². The van der Waals surface area contributed by atoms with Gasteiger partial charge in [-0.05, 0) is 37.1 Å². The molecule has 3 rings (SSSR count). The van der Waals surface area contributed by atoms with Gasteiger partial charge in [-0.15, -0.1) is 0 Å². The number of hydrogen-bond acceptors (Lipinski definition) is 7. The number of methoxy groups -OCH3 is 1. The molecule has 0 saturated carbocycles. The number of benzene rings is 1. The lowest BCUT2D eigenvalue weighted by atomic mass is 10.3. The molecule has 1 fully saturated rings. The van der Waals surface area contributed by atoms with Gasteiger partial charge in [0.2, 0.25) is 11.9 Å². The van der Waals surface area contributed by atoms with E-state index in [9.17, 15) is 0 Å². The number of aromatic nitrogens is 3. The highest BCUT2D eigenvalue weighted by atomic mass is 16.5. The maximum atomic E-state index is 5.74. The number of hydrogen-bond donors (Lipinski definition) is 1. The molecule has 0 amide bonds. The molecule has 21 heavy (non-hydrogen) atoms. The molecule has 1 aliphatic rings. The highest BCUT2D eigenvalue weighted by Gasteiger charge is 2.17. The zero-order valence-corrected chi connectivity index (χ0v) is 11.8. The molecule has 1 saturated heterocycles. The Morgan fingerprint density at radius 1 is 1.00 bits per heavy atom. The fraction of sp³-hybridized carbons (Fsp3) is 0.357. The summed E-state index contributed by atoms with van der Waals surface area (Å²) >= 11 is 0. The third-order valence-electron chi connectivity index (χ3n) is 3.28. The summed E-state index contributed by atoms with van der Waals surface area (Å²) in [5.74, 6) is 2.11. The topological polar surface area (TPSA) is 86.4 Å². The lowest BCUT2D eigenvalue weighted by Gasteiger charge is -2.15. The average molecular weight is 287 g/mol. The van der Waals surface area contributed by atoms with Gasteiger partial charge in [-0.25, -0.2) is 0 Å². The van der Waals surface area contributed by atoms with Crippen LogP contribution < -0.4 is 20.1 Å². The van der Waals surface area contributed by atoms with Crippen LogP contribution in [0.4, 0.5) is 11.9 Å². The molecule has 0 spiro atoms. The van der Waals surface area contributed by atoms with E-state index in [2.05, 4.69) is 19.9 Å². The highest BCUT2D eigenvalue weighted by molar-refractivity contribution is 5.38. The van der Waals surface area contributed by atoms with Crippen LogP contribution in [0.1, 0.15) is 12.8 Å². The van der Waals surface area contributed by atoms with Crippen LogP contribution in [0.25, 0.3) is 0 Å². The molecule has 110 valence electrons. The van der Waals surface area contributed by atoms with E-state index in [0.717, 1.165) is 31.7 Å². The van der Waals surface area contributed by atoms with E-state index in [1.807, 2.05) is 0 Å². The summed E-state index contributed by atoms with van der Waals surface area (Å²) in [4.78, 5) is 14.6. The van der Waals surface area contributed by atoms with E-state index in [4.69, 9.17) is 15.2 Å². The fourth-order valence-electron chi connectivity index (χ4n) is 2.21. The van der Waals surface area contributed by atoms with Gasteiger partial charge in [0, 0.05) is 13.1 Å². The second kappa shape index (κ2) is 5.82. The molecule has 1 aromatic heterocycles. The second-order valence-corrected chi connectivity index (χ2v) is 4.75. The SMILES string of the molecule is COc1ccc(Oc2nc(N)nc(N3CCCC3)n2)cc1. The third kappa shape index (κ3) is 3.13. The molecule has 1 aliphatic heterocycles. The van der Waals surface area contributed by atoms with Crippen molar-refractivity contribution in [3.63, 3.8) is 0 Å². The molecule has 0 aliphatic carbocycles. The van der Waals surface area contributed by atoms with Crippen molar-refractivity contribution in [1.29, 1.82) is 0 Å². The Bertz CT molecular complexity index is 611. The monoisotopic (exact) mass is 287 g/mol. The Labute approximate surface area is 122 Å². The third-order valence-corrected chi connectivity index (χ3v) is 3.28. The van der Waals surface area contributed by atoms with Crippen LogP contribution >= 0.6 is 0 Å². The van der Waals surface area contributed by atoms with Crippen molar-refractivity contribution in [2.45, 2.75) is 12.8 Å². The van der Waals surface area contributed by atoms with Crippen molar-refractivity contribution in [3.05, 3.63) is 24.3 Å². The minimum atomic E-state index is 0.162. The zero-order chi connectivity index (χ0) is 14.7. The summed E-state index contributed by atoms with van der Waals surface area (Å²) in [6, 6.07) is 7.39. The molecule has 0 unspecified atom stereocenters. The number of rotatable bonds is 4. The zero-order valence-electron chi connectivity index (χ0n) is 11.8. The number of anilines is 2. The van der Waals surface area contributed by atoms with E-state index < -0.39 is 0 Å². The molecule has 2 heterocycles. The van der Waals surface area contributed by atoms with Crippen molar-refractivity contribution in [2.75, 3.05) is 30.8 Å². The Hall–Kier alpha value is -2.57. The maximum Gasteiger partial charge on any atom is 0.328 e. The Kier molecular flexibility index (Phi) is 3.72. The van der Waals surface area contributed by atoms with Crippen LogP contribution in [0.3, 0.4) is 0 Å².